The smallest absolute Gasteiger partial charge is 1.00 e. The van der Waals surface area contributed by atoms with E-state index in [1.165, 1.54) is 31.7 Å². The van der Waals surface area contributed by atoms with Crippen molar-refractivity contribution in [2.45, 2.75) is 32.2 Å². The second kappa shape index (κ2) is 9.31. The Morgan fingerprint density at radius 2 is 1.82 bits per heavy atom. The summed E-state index contributed by atoms with van der Waals surface area (Å²) >= 11 is 0. The number of likely N-dealkylation sites (tertiary alicyclic amines) is 1. The number of rotatable bonds is 2. The fourth-order valence-corrected chi connectivity index (χ4v) is 2.11. The van der Waals surface area contributed by atoms with Crippen LogP contribution in [-0.2, 0) is 6.54 Å². The predicted molar refractivity (Wildman–Crippen MR) is 64.7 cm³/mol. The molecule has 0 N–H and O–H groups in total. The molecule has 0 spiro atoms. The summed E-state index contributed by atoms with van der Waals surface area (Å²) in [7, 11) is 0. The first-order valence-electron chi connectivity index (χ1n) is 5.73. The normalized spacial score (nSPS) is 16.5. The standard InChI is InChI=1S/C13H17FN.BrH.Mg/c14-13-8-4-3-7-12(13)11-15-9-5-1-2-6-10-15;;/h3,7-8H,1-2,5-6,9-11H2;1H;/q-1;;+2/p-1. The first-order chi connectivity index (χ1) is 7.36. The van der Waals surface area contributed by atoms with Crippen LogP contribution in [0.2, 0.25) is 0 Å². The van der Waals surface area contributed by atoms with Gasteiger partial charge in [-0.1, -0.05) is 12.8 Å². The monoisotopic (exact) mass is 309 g/mol. The third-order valence-electron chi connectivity index (χ3n) is 2.99. The van der Waals surface area contributed by atoms with Crippen LogP contribution >= 0.6 is 0 Å². The van der Waals surface area contributed by atoms with Crippen LogP contribution in [0, 0.1) is 11.9 Å². The maximum atomic E-state index is 13.4. The molecule has 2 rings (SSSR count). The molecule has 0 aromatic heterocycles. The summed E-state index contributed by atoms with van der Waals surface area (Å²) in [6.45, 7) is 2.97. The van der Waals surface area contributed by atoms with E-state index in [1.807, 2.05) is 6.07 Å². The average Bonchev–Trinajstić information content (AvgIpc) is 2.50. The summed E-state index contributed by atoms with van der Waals surface area (Å²) in [6.07, 6.45) is 5.14. The second-order valence-corrected chi connectivity index (χ2v) is 4.21. The van der Waals surface area contributed by atoms with Crippen molar-refractivity contribution in [3.8, 4) is 0 Å². The molecule has 90 valence electrons. The van der Waals surface area contributed by atoms with Crippen LogP contribution in [0.25, 0.3) is 0 Å². The Hall–Kier alpha value is 0.356. The Kier molecular flexibility index (Phi) is 9.50. The van der Waals surface area contributed by atoms with Gasteiger partial charge in [0.05, 0.1) is 0 Å². The van der Waals surface area contributed by atoms with Gasteiger partial charge in [0.25, 0.3) is 0 Å². The minimum absolute atomic E-state index is 0. The number of halogens is 2. The van der Waals surface area contributed by atoms with Gasteiger partial charge in [0.1, 0.15) is 0 Å². The molecule has 0 bridgehead atoms. The minimum Gasteiger partial charge on any atom is -1.00 e. The van der Waals surface area contributed by atoms with Gasteiger partial charge in [-0.05, 0) is 25.9 Å². The number of nitrogens with zero attached hydrogens (tertiary/aromatic N) is 1. The van der Waals surface area contributed by atoms with Crippen LogP contribution in [0.15, 0.2) is 18.2 Å². The zero-order valence-corrected chi connectivity index (χ0v) is 13.1. The van der Waals surface area contributed by atoms with Crippen LogP contribution in [0.1, 0.15) is 31.2 Å². The molecule has 1 aromatic rings. The van der Waals surface area contributed by atoms with E-state index in [2.05, 4.69) is 11.0 Å². The molecule has 1 heterocycles. The molecule has 1 nitrogen and oxygen atoms in total. The Morgan fingerprint density at radius 3 is 2.41 bits per heavy atom. The predicted octanol–water partition coefficient (Wildman–Crippen LogP) is -0.375. The Balaban J connectivity index is 0.00000128. The van der Waals surface area contributed by atoms with E-state index in [0.29, 0.717) is 0 Å². The van der Waals surface area contributed by atoms with Crippen LogP contribution in [-0.4, -0.2) is 41.0 Å². The molecule has 1 aliphatic rings. The molecule has 17 heavy (non-hydrogen) atoms. The van der Waals surface area contributed by atoms with Crippen LogP contribution in [0.5, 0.6) is 0 Å². The Morgan fingerprint density at radius 1 is 1.18 bits per heavy atom. The van der Waals surface area contributed by atoms with Gasteiger partial charge >= 0.3 is 23.1 Å². The summed E-state index contributed by atoms with van der Waals surface area (Å²) in [6, 6.07) is 7.80. The fourth-order valence-electron chi connectivity index (χ4n) is 2.11. The van der Waals surface area contributed by atoms with Crippen molar-refractivity contribution < 1.29 is 21.4 Å². The molecule has 1 aliphatic heterocycles. The average molecular weight is 310 g/mol. The van der Waals surface area contributed by atoms with Crippen molar-refractivity contribution in [1.82, 2.24) is 4.90 Å². The number of benzene rings is 1. The zero-order chi connectivity index (χ0) is 10.5. The van der Waals surface area contributed by atoms with E-state index in [1.54, 1.807) is 6.07 Å². The van der Waals surface area contributed by atoms with Crippen molar-refractivity contribution in [1.29, 1.82) is 0 Å². The summed E-state index contributed by atoms with van der Waals surface area (Å²) in [4.78, 5) is 2.35. The van der Waals surface area contributed by atoms with Crippen LogP contribution < -0.4 is 17.0 Å². The molecular formula is C13H17BrFMgN. The SMILES string of the molecule is Fc1c[c-]ccc1CN1CCCCCC1.[Br-].[Mg+2]. The molecule has 1 aromatic carbocycles. The Labute approximate surface area is 130 Å². The molecule has 0 unspecified atom stereocenters. The molecule has 0 amide bonds. The third kappa shape index (κ3) is 5.68. The van der Waals surface area contributed by atoms with Gasteiger partial charge in [-0.3, -0.25) is 4.39 Å². The van der Waals surface area contributed by atoms with Gasteiger partial charge < -0.3 is 21.9 Å². The van der Waals surface area contributed by atoms with Gasteiger partial charge in [-0.15, -0.1) is 11.6 Å². The quantitative estimate of drug-likeness (QED) is 0.532. The van der Waals surface area contributed by atoms with Crippen molar-refractivity contribution in [3.63, 3.8) is 0 Å². The maximum Gasteiger partial charge on any atom is 2.00 e. The zero-order valence-electron chi connectivity index (χ0n) is 10.1. The number of hydrogen-bond donors (Lipinski definition) is 0. The van der Waals surface area contributed by atoms with E-state index in [4.69, 9.17) is 0 Å². The van der Waals surface area contributed by atoms with E-state index < -0.39 is 0 Å². The van der Waals surface area contributed by atoms with Gasteiger partial charge in [-0.2, -0.15) is 18.2 Å². The second-order valence-electron chi connectivity index (χ2n) is 4.21. The maximum absolute atomic E-state index is 13.4. The summed E-state index contributed by atoms with van der Waals surface area (Å²) in [5, 5.41) is 0. The van der Waals surface area contributed by atoms with Gasteiger partial charge in [0.15, 0.2) is 0 Å². The van der Waals surface area contributed by atoms with Crippen molar-refractivity contribution in [2.24, 2.45) is 0 Å². The van der Waals surface area contributed by atoms with E-state index in [0.717, 1.165) is 25.2 Å². The molecule has 4 heteroatoms. The van der Waals surface area contributed by atoms with Crippen molar-refractivity contribution in [3.05, 3.63) is 35.6 Å². The Bertz CT molecular complexity index is 314. The van der Waals surface area contributed by atoms with E-state index in [9.17, 15) is 4.39 Å². The van der Waals surface area contributed by atoms with Crippen LogP contribution in [0.4, 0.5) is 4.39 Å². The molecule has 0 radical (unpaired) electrons. The molecule has 1 saturated heterocycles. The first kappa shape index (κ1) is 17.4. The fraction of sp³-hybridized carbons (Fsp3) is 0.538. The molecule has 0 atom stereocenters. The van der Waals surface area contributed by atoms with Gasteiger partial charge in [-0.25, -0.2) is 0 Å². The number of hydrogen-bond acceptors (Lipinski definition) is 1. The summed E-state index contributed by atoms with van der Waals surface area (Å²) < 4.78 is 13.4. The molecule has 0 saturated carbocycles. The van der Waals surface area contributed by atoms with Crippen molar-refractivity contribution >= 4 is 23.1 Å². The molecule has 0 aliphatic carbocycles. The molecular weight excluding hydrogens is 293 g/mol. The van der Waals surface area contributed by atoms with Crippen LogP contribution in [0.3, 0.4) is 0 Å². The van der Waals surface area contributed by atoms with E-state index in [-0.39, 0.29) is 45.9 Å². The van der Waals surface area contributed by atoms with Gasteiger partial charge in [0, 0.05) is 12.4 Å². The first-order valence-corrected chi connectivity index (χ1v) is 5.73. The topological polar surface area (TPSA) is 3.24 Å². The van der Waals surface area contributed by atoms with E-state index >= 15 is 0 Å². The third-order valence-corrected chi connectivity index (χ3v) is 2.99. The minimum atomic E-state index is -0.123. The summed E-state index contributed by atoms with van der Waals surface area (Å²) in [5.74, 6) is -0.123. The summed E-state index contributed by atoms with van der Waals surface area (Å²) in [5.41, 5.74) is 0.802. The largest absolute Gasteiger partial charge is 2.00 e. The van der Waals surface area contributed by atoms with Crippen molar-refractivity contribution in [2.75, 3.05) is 13.1 Å². The molecule has 1 fully saturated rings. The van der Waals surface area contributed by atoms with Gasteiger partial charge in [0.2, 0.25) is 0 Å².